The molecule has 0 bridgehead atoms. The molecule has 1 N–H and O–H groups in total. The predicted molar refractivity (Wildman–Crippen MR) is 71.5 cm³/mol. The van der Waals surface area contributed by atoms with Crippen molar-refractivity contribution in [2.75, 3.05) is 0 Å². The molecule has 3 nitrogen and oxygen atoms in total. The quantitative estimate of drug-likeness (QED) is 0.920. The maximum atomic E-state index is 12.7. The summed E-state index contributed by atoms with van der Waals surface area (Å²) in [5, 5.41) is 8.88. The molecule has 110 valence electrons. The summed E-state index contributed by atoms with van der Waals surface area (Å²) in [5.74, 6) is -1.31. The standard InChI is InChI=1S/C14H10F3NO2S/c1-8-3-2-4-9(7-8)21-12-10(13(19)20)5-6-11(18-12)14(15,16)17/h2-7H,1H3,(H,19,20). The van der Waals surface area contributed by atoms with Crippen LogP contribution in [0.25, 0.3) is 0 Å². The monoisotopic (exact) mass is 313 g/mol. The van der Waals surface area contributed by atoms with E-state index in [4.69, 9.17) is 5.11 Å². The fraction of sp³-hybridized carbons (Fsp3) is 0.143. The second kappa shape index (κ2) is 5.77. The van der Waals surface area contributed by atoms with Gasteiger partial charge in [-0.05, 0) is 31.2 Å². The molecular weight excluding hydrogens is 303 g/mol. The molecule has 0 spiro atoms. The first-order chi connectivity index (χ1) is 9.77. The zero-order valence-electron chi connectivity index (χ0n) is 10.8. The minimum absolute atomic E-state index is 0.178. The Bertz CT molecular complexity index is 686. The number of nitrogens with zero attached hydrogens (tertiary/aromatic N) is 1. The number of hydrogen-bond donors (Lipinski definition) is 1. The second-order valence-electron chi connectivity index (χ2n) is 4.27. The molecule has 1 aromatic heterocycles. The van der Waals surface area contributed by atoms with Crippen LogP contribution < -0.4 is 0 Å². The van der Waals surface area contributed by atoms with Gasteiger partial charge in [-0.25, -0.2) is 9.78 Å². The number of carbonyl (C=O) groups is 1. The first kappa shape index (κ1) is 15.4. The number of halogens is 3. The summed E-state index contributed by atoms with van der Waals surface area (Å²) in [4.78, 5) is 15.2. The highest BCUT2D eigenvalue weighted by atomic mass is 32.2. The molecule has 0 saturated carbocycles. The van der Waals surface area contributed by atoms with Crippen LogP contribution in [0, 0.1) is 6.92 Å². The van der Waals surface area contributed by atoms with Crippen molar-refractivity contribution in [1.82, 2.24) is 4.98 Å². The van der Waals surface area contributed by atoms with Crippen LogP contribution >= 0.6 is 11.8 Å². The van der Waals surface area contributed by atoms with E-state index in [1.54, 1.807) is 18.2 Å². The van der Waals surface area contributed by atoms with E-state index in [0.717, 1.165) is 23.4 Å². The lowest BCUT2D eigenvalue weighted by atomic mass is 10.2. The Morgan fingerprint density at radius 1 is 1.24 bits per heavy atom. The van der Waals surface area contributed by atoms with Crippen LogP contribution in [0.4, 0.5) is 13.2 Å². The molecule has 1 aromatic carbocycles. The zero-order valence-corrected chi connectivity index (χ0v) is 11.6. The van der Waals surface area contributed by atoms with E-state index >= 15 is 0 Å². The van der Waals surface area contributed by atoms with Gasteiger partial charge >= 0.3 is 12.1 Å². The minimum Gasteiger partial charge on any atom is -0.478 e. The fourth-order valence-electron chi connectivity index (χ4n) is 1.63. The molecule has 2 aromatic rings. The summed E-state index contributed by atoms with van der Waals surface area (Å²) < 4.78 is 38.1. The van der Waals surface area contributed by atoms with E-state index in [1.165, 1.54) is 0 Å². The van der Waals surface area contributed by atoms with Crippen LogP contribution in [0.15, 0.2) is 46.3 Å². The Labute approximate surface area is 122 Å². The number of carboxylic acids is 1. The summed E-state index contributed by atoms with van der Waals surface area (Å²) in [5.41, 5.74) is -0.444. The van der Waals surface area contributed by atoms with Gasteiger partial charge in [0.1, 0.15) is 10.7 Å². The van der Waals surface area contributed by atoms with E-state index in [0.29, 0.717) is 11.0 Å². The molecule has 0 amide bonds. The molecule has 0 aliphatic carbocycles. The minimum atomic E-state index is -4.61. The van der Waals surface area contributed by atoms with Gasteiger partial charge in [-0.3, -0.25) is 0 Å². The Balaban J connectivity index is 2.46. The molecule has 0 fully saturated rings. The summed E-state index contributed by atoms with van der Waals surface area (Å²) in [6.07, 6.45) is -4.61. The number of carboxylic acid groups (broad SMARTS) is 1. The van der Waals surface area contributed by atoms with Crippen molar-refractivity contribution in [3.05, 3.63) is 53.2 Å². The summed E-state index contributed by atoms with van der Waals surface area (Å²) in [6.45, 7) is 1.84. The average Bonchev–Trinajstić information content (AvgIpc) is 2.37. The van der Waals surface area contributed by atoms with E-state index in [9.17, 15) is 18.0 Å². The molecular formula is C14H10F3NO2S. The van der Waals surface area contributed by atoms with E-state index in [2.05, 4.69) is 4.98 Å². The van der Waals surface area contributed by atoms with Crippen LogP contribution in [-0.2, 0) is 6.18 Å². The van der Waals surface area contributed by atoms with E-state index in [1.807, 2.05) is 13.0 Å². The van der Waals surface area contributed by atoms with Gasteiger partial charge in [-0.15, -0.1) is 0 Å². The molecule has 0 aliphatic heterocycles. The van der Waals surface area contributed by atoms with Crippen LogP contribution in [0.2, 0.25) is 0 Å². The van der Waals surface area contributed by atoms with Gasteiger partial charge in [0.25, 0.3) is 0 Å². The number of aromatic nitrogens is 1. The van der Waals surface area contributed by atoms with Crippen molar-refractivity contribution in [3.63, 3.8) is 0 Å². The molecule has 7 heteroatoms. The predicted octanol–water partition coefficient (Wildman–Crippen LogP) is 4.26. The van der Waals surface area contributed by atoms with Gasteiger partial charge in [0.2, 0.25) is 0 Å². The molecule has 0 atom stereocenters. The Kier molecular flexibility index (Phi) is 4.22. The number of aryl methyl sites for hydroxylation is 1. The van der Waals surface area contributed by atoms with Crippen LogP contribution in [-0.4, -0.2) is 16.1 Å². The normalized spacial score (nSPS) is 11.4. The average molecular weight is 313 g/mol. The van der Waals surface area contributed by atoms with Crippen molar-refractivity contribution in [3.8, 4) is 0 Å². The molecule has 0 radical (unpaired) electrons. The maximum absolute atomic E-state index is 12.7. The Morgan fingerprint density at radius 3 is 2.52 bits per heavy atom. The highest BCUT2D eigenvalue weighted by Gasteiger charge is 2.33. The fourth-order valence-corrected chi connectivity index (χ4v) is 2.65. The second-order valence-corrected chi connectivity index (χ2v) is 5.33. The number of rotatable bonds is 3. The molecule has 0 aliphatic rings. The lowest BCUT2D eigenvalue weighted by Crippen LogP contribution is -2.11. The highest BCUT2D eigenvalue weighted by molar-refractivity contribution is 7.99. The van der Waals surface area contributed by atoms with Gasteiger partial charge < -0.3 is 5.11 Å². The number of benzene rings is 1. The third-order valence-electron chi connectivity index (χ3n) is 2.59. The number of pyridine rings is 1. The van der Waals surface area contributed by atoms with Gasteiger partial charge in [0.05, 0.1) is 5.56 Å². The van der Waals surface area contributed by atoms with Gasteiger partial charge in [-0.1, -0.05) is 29.5 Å². The highest BCUT2D eigenvalue weighted by Crippen LogP contribution is 2.34. The molecule has 0 saturated heterocycles. The zero-order chi connectivity index (χ0) is 15.6. The van der Waals surface area contributed by atoms with Gasteiger partial charge in [-0.2, -0.15) is 13.2 Å². The summed E-state index contributed by atoms with van der Waals surface area (Å²) >= 11 is 0.895. The van der Waals surface area contributed by atoms with Gasteiger partial charge in [0, 0.05) is 4.90 Å². The van der Waals surface area contributed by atoms with Crippen LogP contribution in [0.1, 0.15) is 21.6 Å². The molecule has 1 heterocycles. The largest absolute Gasteiger partial charge is 0.478 e. The van der Waals surface area contributed by atoms with Gasteiger partial charge in [0.15, 0.2) is 0 Å². The molecule has 2 rings (SSSR count). The number of aromatic carboxylic acids is 1. The van der Waals surface area contributed by atoms with Crippen molar-refractivity contribution in [2.24, 2.45) is 0 Å². The lowest BCUT2D eigenvalue weighted by Gasteiger charge is -2.10. The SMILES string of the molecule is Cc1cccc(Sc2nc(C(F)(F)F)ccc2C(=O)O)c1. The number of alkyl halides is 3. The Morgan fingerprint density at radius 2 is 1.95 bits per heavy atom. The third kappa shape index (κ3) is 3.75. The maximum Gasteiger partial charge on any atom is 0.433 e. The molecule has 0 unspecified atom stereocenters. The van der Waals surface area contributed by atoms with Crippen molar-refractivity contribution in [1.29, 1.82) is 0 Å². The van der Waals surface area contributed by atoms with Crippen molar-refractivity contribution >= 4 is 17.7 Å². The first-order valence-corrected chi connectivity index (χ1v) is 6.65. The van der Waals surface area contributed by atoms with E-state index in [-0.39, 0.29) is 10.6 Å². The summed E-state index contributed by atoms with van der Waals surface area (Å²) in [6, 6.07) is 8.61. The summed E-state index contributed by atoms with van der Waals surface area (Å²) in [7, 11) is 0. The third-order valence-corrected chi connectivity index (χ3v) is 3.58. The smallest absolute Gasteiger partial charge is 0.433 e. The van der Waals surface area contributed by atoms with Crippen LogP contribution in [0.3, 0.4) is 0 Å². The number of hydrogen-bond acceptors (Lipinski definition) is 3. The van der Waals surface area contributed by atoms with Crippen molar-refractivity contribution < 1.29 is 23.1 Å². The first-order valence-electron chi connectivity index (χ1n) is 5.83. The van der Waals surface area contributed by atoms with E-state index < -0.39 is 17.8 Å². The Hall–Kier alpha value is -2.02. The van der Waals surface area contributed by atoms with Crippen molar-refractivity contribution in [2.45, 2.75) is 23.0 Å². The van der Waals surface area contributed by atoms with Crippen LogP contribution in [0.5, 0.6) is 0 Å². The molecule has 21 heavy (non-hydrogen) atoms. The lowest BCUT2D eigenvalue weighted by molar-refractivity contribution is -0.141. The topological polar surface area (TPSA) is 50.2 Å².